The highest BCUT2D eigenvalue weighted by molar-refractivity contribution is 7.99. The number of likely N-dealkylation sites (tertiary alicyclic amines) is 1. The molecule has 4 rings (SSSR count). The van der Waals surface area contributed by atoms with E-state index in [1.165, 1.54) is 12.1 Å². The molecule has 2 N–H and O–H groups in total. The molecular formula is C20H30Cl3F3N4OS. The fourth-order valence-corrected chi connectivity index (χ4v) is 5.35. The Balaban J connectivity index is 0.00000171. The van der Waals surface area contributed by atoms with E-state index in [9.17, 15) is 18.0 Å². The number of benzene rings is 1. The molecule has 3 heterocycles. The molecule has 3 saturated heterocycles. The number of carbonyl (C=O) groups is 1. The molecular weight excluding hydrogens is 508 g/mol. The van der Waals surface area contributed by atoms with Crippen molar-refractivity contribution in [3.05, 3.63) is 29.8 Å². The summed E-state index contributed by atoms with van der Waals surface area (Å²) in [5.74, 6) is 2.07. The molecule has 32 heavy (non-hydrogen) atoms. The summed E-state index contributed by atoms with van der Waals surface area (Å²) in [5, 5.41) is 6.76. The van der Waals surface area contributed by atoms with E-state index in [2.05, 4.69) is 15.5 Å². The fraction of sp³-hybridized carbons (Fsp3) is 0.650. The van der Waals surface area contributed by atoms with Crippen LogP contribution in [0.1, 0.15) is 24.8 Å². The maximum Gasteiger partial charge on any atom is 0.416 e. The molecule has 0 aliphatic carbocycles. The average Bonchev–Trinajstić information content (AvgIpc) is 3.40. The Morgan fingerprint density at radius 2 is 1.72 bits per heavy atom. The first kappa shape index (κ1) is 29.5. The largest absolute Gasteiger partial charge is 0.416 e. The molecule has 0 saturated carbocycles. The second kappa shape index (κ2) is 12.8. The Kier molecular flexibility index (Phi) is 11.7. The molecule has 3 aliphatic heterocycles. The summed E-state index contributed by atoms with van der Waals surface area (Å²) in [6.07, 6.45) is -1.55. The third kappa shape index (κ3) is 7.21. The van der Waals surface area contributed by atoms with Crippen LogP contribution in [0.4, 0.5) is 18.9 Å². The molecule has 1 amide bonds. The van der Waals surface area contributed by atoms with E-state index >= 15 is 0 Å². The molecule has 12 heteroatoms. The second-order valence-corrected chi connectivity index (χ2v) is 9.09. The molecule has 0 spiro atoms. The van der Waals surface area contributed by atoms with Crippen LogP contribution in [0.2, 0.25) is 0 Å². The van der Waals surface area contributed by atoms with E-state index in [1.807, 2.05) is 4.90 Å². The molecule has 0 unspecified atom stereocenters. The number of hydrogen-bond acceptors (Lipinski definition) is 5. The molecule has 0 aromatic heterocycles. The van der Waals surface area contributed by atoms with Crippen molar-refractivity contribution in [2.24, 2.45) is 0 Å². The van der Waals surface area contributed by atoms with Gasteiger partial charge in [-0.05, 0) is 43.5 Å². The predicted molar refractivity (Wildman–Crippen MR) is 131 cm³/mol. The first-order valence-electron chi connectivity index (χ1n) is 10.2. The van der Waals surface area contributed by atoms with Gasteiger partial charge in [0.15, 0.2) is 0 Å². The number of nitrogens with zero attached hydrogens (tertiary/aromatic N) is 2. The number of hydrogen-bond donors (Lipinski definition) is 2. The fourth-order valence-electron chi connectivity index (χ4n) is 4.39. The molecule has 184 valence electrons. The highest BCUT2D eigenvalue weighted by Gasteiger charge is 2.37. The van der Waals surface area contributed by atoms with Crippen LogP contribution in [-0.4, -0.2) is 71.6 Å². The van der Waals surface area contributed by atoms with E-state index < -0.39 is 11.7 Å². The third-order valence-electron chi connectivity index (χ3n) is 6.10. The first-order chi connectivity index (χ1) is 13.9. The molecule has 5 nitrogen and oxygen atoms in total. The topological polar surface area (TPSA) is 47.6 Å². The summed E-state index contributed by atoms with van der Waals surface area (Å²) < 4.78 is 38.0. The van der Waals surface area contributed by atoms with Gasteiger partial charge >= 0.3 is 6.18 Å². The number of nitrogens with one attached hydrogen (secondary N) is 2. The second-order valence-electron chi connectivity index (χ2n) is 8.02. The Labute approximate surface area is 209 Å². The summed E-state index contributed by atoms with van der Waals surface area (Å²) in [6.45, 7) is 3.57. The number of halogens is 6. The summed E-state index contributed by atoms with van der Waals surface area (Å²) in [6, 6.07) is 5.82. The van der Waals surface area contributed by atoms with Gasteiger partial charge in [-0.1, -0.05) is 0 Å². The lowest BCUT2D eigenvalue weighted by atomic mass is 10.0. The van der Waals surface area contributed by atoms with E-state index in [0.29, 0.717) is 6.04 Å². The van der Waals surface area contributed by atoms with Gasteiger partial charge in [0, 0.05) is 49.7 Å². The predicted octanol–water partition coefficient (Wildman–Crippen LogP) is 4.11. The van der Waals surface area contributed by atoms with Gasteiger partial charge in [-0.25, -0.2) is 0 Å². The summed E-state index contributed by atoms with van der Waals surface area (Å²) in [4.78, 5) is 17.0. The van der Waals surface area contributed by atoms with Gasteiger partial charge in [-0.15, -0.1) is 49.0 Å². The van der Waals surface area contributed by atoms with Gasteiger partial charge in [-0.3, -0.25) is 9.69 Å². The van der Waals surface area contributed by atoms with Gasteiger partial charge in [0.2, 0.25) is 5.91 Å². The Morgan fingerprint density at radius 1 is 1.06 bits per heavy atom. The standard InChI is InChI=1S/C20H27F3N4OS.3ClH/c21-20(22,23)14-1-3-15(4-2-14)25-16-5-7-26(8-6-16)17-11-18(24-12-17)19(28)27-9-10-29-13-27;;;/h1-4,16-18,24-25H,5-13H2;3*1H/t17-,18-;;;/m0.../s1. The van der Waals surface area contributed by atoms with E-state index in [1.54, 1.807) is 11.8 Å². The smallest absolute Gasteiger partial charge is 0.382 e. The minimum absolute atomic E-state index is 0. The number of carbonyl (C=O) groups excluding carboxylic acids is 1. The highest BCUT2D eigenvalue weighted by atomic mass is 35.5. The minimum Gasteiger partial charge on any atom is -0.382 e. The van der Waals surface area contributed by atoms with Crippen molar-refractivity contribution >= 4 is 60.6 Å². The van der Waals surface area contributed by atoms with Crippen molar-refractivity contribution in [2.75, 3.05) is 43.1 Å². The zero-order valence-corrected chi connectivity index (χ0v) is 20.7. The Hall–Kier alpha value is -0.580. The van der Waals surface area contributed by atoms with Gasteiger partial charge in [0.1, 0.15) is 0 Å². The summed E-state index contributed by atoms with van der Waals surface area (Å²) in [7, 11) is 0. The van der Waals surface area contributed by atoms with Crippen molar-refractivity contribution in [3.8, 4) is 0 Å². The minimum atomic E-state index is -4.30. The van der Waals surface area contributed by atoms with Crippen LogP contribution < -0.4 is 10.6 Å². The van der Waals surface area contributed by atoms with Gasteiger partial charge < -0.3 is 15.5 Å². The van der Waals surface area contributed by atoms with E-state index in [0.717, 1.165) is 74.9 Å². The van der Waals surface area contributed by atoms with Crippen LogP contribution >= 0.6 is 49.0 Å². The monoisotopic (exact) mass is 536 g/mol. The maximum atomic E-state index is 12.7. The normalized spacial score (nSPS) is 24.3. The maximum absolute atomic E-state index is 12.7. The number of thioether (sulfide) groups is 1. The molecule has 0 bridgehead atoms. The van der Waals surface area contributed by atoms with Crippen LogP contribution in [0.25, 0.3) is 0 Å². The Bertz CT molecular complexity index is 715. The molecule has 3 aliphatic rings. The highest BCUT2D eigenvalue weighted by Crippen LogP contribution is 2.30. The van der Waals surface area contributed by atoms with E-state index in [-0.39, 0.29) is 55.2 Å². The van der Waals surface area contributed by atoms with Crippen LogP contribution in [0.3, 0.4) is 0 Å². The molecule has 3 fully saturated rings. The summed E-state index contributed by atoms with van der Waals surface area (Å²) in [5.41, 5.74) is 0.108. The van der Waals surface area contributed by atoms with Gasteiger partial charge in [0.05, 0.1) is 17.5 Å². The third-order valence-corrected chi connectivity index (χ3v) is 7.06. The summed E-state index contributed by atoms with van der Waals surface area (Å²) >= 11 is 1.81. The van der Waals surface area contributed by atoms with Crippen molar-refractivity contribution in [1.29, 1.82) is 0 Å². The van der Waals surface area contributed by atoms with Crippen LogP contribution in [-0.2, 0) is 11.0 Å². The molecule has 0 radical (unpaired) electrons. The number of amides is 1. The van der Waals surface area contributed by atoms with Crippen molar-refractivity contribution < 1.29 is 18.0 Å². The van der Waals surface area contributed by atoms with Crippen LogP contribution in [0, 0.1) is 0 Å². The van der Waals surface area contributed by atoms with Crippen LogP contribution in [0.15, 0.2) is 24.3 Å². The zero-order valence-electron chi connectivity index (χ0n) is 17.5. The quantitative estimate of drug-likeness (QED) is 0.605. The van der Waals surface area contributed by atoms with Crippen molar-refractivity contribution in [3.63, 3.8) is 0 Å². The number of rotatable bonds is 4. The average molecular weight is 538 g/mol. The lowest BCUT2D eigenvalue weighted by molar-refractivity contribution is -0.137. The van der Waals surface area contributed by atoms with E-state index in [4.69, 9.17) is 0 Å². The molecule has 1 aromatic carbocycles. The number of alkyl halides is 3. The van der Waals surface area contributed by atoms with Crippen LogP contribution in [0.5, 0.6) is 0 Å². The molecule has 1 aromatic rings. The zero-order chi connectivity index (χ0) is 20.4. The number of anilines is 1. The lowest BCUT2D eigenvalue weighted by Gasteiger charge is -2.36. The van der Waals surface area contributed by atoms with Crippen molar-refractivity contribution in [1.82, 2.24) is 15.1 Å². The first-order valence-corrected chi connectivity index (χ1v) is 11.3. The van der Waals surface area contributed by atoms with Gasteiger partial charge in [-0.2, -0.15) is 13.2 Å². The van der Waals surface area contributed by atoms with Gasteiger partial charge in [0.25, 0.3) is 0 Å². The SMILES string of the molecule is Cl.Cl.Cl.O=C([C@@H]1C[C@H](N2CCC(Nc3ccc(C(F)(F)F)cc3)CC2)CN1)N1CCSC1. The van der Waals surface area contributed by atoms with Crippen molar-refractivity contribution in [2.45, 2.75) is 43.6 Å². The number of piperidine rings is 1. The Morgan fingerprint density at radius 3 is 2.28 bits per heavy atom. The molecule has 2 atom stereocenters. The lowest BCUT2D eigenvalue weighted by Crippen LogP contribution is -2.45.